The average Bonchev–Trinajstić information content (AvgIpc) is 3.39. The Morgan fingerprint density at radius 1 is 1.05 bits per heavy atom. The van der Waals surface area contributed by atoms with Gasteiger partial charge in [0.1, 0.15) is 24.1 Å². The molecule has 1 N–H and O–H groups in total. The fourth-order valence-corrected chi connectivity index (χ4v) is 5.54. The Kier molecular flexibility index (Phi) is 9.79. The molecule has 37 heavy (non-hydrogen) atoms. The van der Waals surface area contributed by atoms with E-state index in [4.69, 9.17) is 9.47 Å². The summed E-state index contributed by atoms with van der Waals surface area (Å²) < 4.78 is 37.3. The van der Waals surface area contributed by atoms with Gasteiger partial charge in [0.15, 0.2) is 0 Å². The van der Waals surface area contributed by atoms with Crippen LogP contribution in [0.5, 0.6) is 11.5 Å². The smallest absolute Gasteiger partial charge is 0.244 e. The van der Waals surface area contributed by atoms with Gasteiger partial charge in [-0.25, -0.2) is 8.42 Å². The monoisotopic (exact) mass is 531 g/mol. The number of benzene rings is 2. The minimum atomic E-state index is -3.85. The second-order valence-electron chi connectivity index (χ2n) is 9.23. The summed E-state index contributed by atoms with van der Waals surface area (Å²) in [6.07, 6.45) is 5.39. The highest BCUT2D eigenvalue weighted by molar-refractivity contribution is 7.92. The Hall–Kier alpha value is -3.27. The third kappa shape index (κ3) is 7.38. The van der Waals surface area contributed by atoms with Gasteiger partial charge in [-0.2, -0.15) is 0 Å². The maximum Gasteiger partial charge on any atom is 0.244 e. The summed E-state index contributed by atoms with van der Waals surface area (Å²) in [6.45, 7) is 1.49. The van der Waals surface area contributed by atoms with Crippen molar-refractivity contribution in [3.63, 3.8) is 0 Å². The highest BCUT2D eigenvalue weighted by atomic mass is 32.2. The van der Waals surface area contributed by atoms with Crippen molar-refractivity contribution in [1.82, 2.24) is 10.2 Å². The molecule has 0 aliphatic heterocycles. The van der Waals surface area contributed by atoms with Crippen LogP contribution in [0.1, 0.15) is 44.6 Å². The third-order valence-electron chi connectivity index (χ3n) is 6.61. The van der Waals surface area contributed by atoms with E-state index in [0.29, 0.717) is 17.9 Å². The summed E-state index contributed by atoms with van der Waals surface area (Å²) in [5.41, 5.74) is 1.02. The summed E-state index contributed by atoms with van der Waals surface area (Å²) >= 11 is 0. The van der Waals surface area contributed by atoms with E-state index in [1.807, 2.05) is 19.1 Å². The minimum absolute atomic E-state index is 0.0939. The van der Waals surface area contributed by atoms with Crippen molar-refractivity contribution in [2.45, 2.75) is 57.7 Å². The molecule has 0 saturated heterocycles. The molecule has 0 spiro atoms. The van der Waals surface area contributed by atoms with Gasteiger partial charge in [0.25, 0.3) is 0 Å². The molecule has 1 aliphatic rings. The molecule has 2 aromatic carbocycles. The number of carbonyl (C=O) groups is 2. The Bertz CT molecular complexity index is 1180. The summed E-state index contributed by atoms with van der Waals surface area (Å²) in [5, 5.41) is 3.10. The number of nitrogens with zero attached hydrogens (tertiary/aromatic N) is 2. The number of amides is 2. The second-order valence-corrected chi connectivity index (χ2v) is 11.1. The van der Waals surface area contributed by atoms with Gasteiger partial charge in [0.05, 0.1) is 26.2 Å². The van der Waals surface area contributed by atoms with E-state index in [2.05, 4.69) is 5.32 Å². The predicted octanol–water partition coefficient (Wildman–Crippen LogP) is 3.34. The number of nitrogens with one attached hydrogen (secondary N) is 1. The van der Waals surface area contributed by atoms with E-state index in [0.717, 1.165) is 41.8 Å². The minimum Gasteiger partial charge on any atom is -0.497 e. The number of hydrogen-bond donors (Lipinski definition) is 1. The lowest BCUT2D eigenvalue weighted by molar-refractivity contribution is -0.140. The number of carbonyl (C=O) groups excluding carboxylic acids is 2. The molecule has 202 valence electrons. The number of anilines is 1. The number of sulfonamides is 1. The molecule has 9 nitrogen and oxygen atoms in total. The first-order chi connectivity index (χ1) is 17.7. The van der Waals surface area contributed by atoms with Gasteiger partial charge in [-0.05, 0) is 49.1 Å². The molecule has 1 atom stereocenters. The number of methoxy groups -OCH3 is 2. The van der Waals surface area contributed by atoms with E-state index in [1.165, 1.54) is 12.0 Å². The van der Waals surface area contributed by atoms with Crippen LogP contribution in [0.25, 0.3) is 0 Å². The van der Waals surface area contributed by atoms with Gasteiger partial charge >= 0.3 is 0 Å². The number of rotatable bonds is 12. The molecule has 10 heteroatoms. The Labute approximate surface area is 219 Å². The molecule has 0 heterocycles. The zero-order valence-electron chi connectivity index (χ0n) is 22.0. The Morgan fingerprint density at radius 2 is 1.76 bits per heavy atom. The van der Waals surface area contributed by atoms with Gasteiger partial charge < -0.3 is 19.7 Å². The van der Waals surface area contributed by atoms with Crippen LogP contribution in [0.4, 0.5) is 5.69 Å². The van der Waals surface area contributed by atoms with Gasteiger partial charge in [0.2, 0.25) is 21.8 Å². The summed E-state index contributed by atoms with van der Waals surface area (Å²) in [7, 11) is -0.849. The summed E-state index contributed by atoms with van der Waals surface area (Å²) in [6, 6.07) is 13.2. The first kappa shape index (κ1) is 28.3. The van der Waals surface area contributed by atoms with Crippen LogP contribution >= 0.6 is 0 Å². The van der Waals surface area contributed by atoms with Crippen LogP contribution in [0.3, 0.4) is 0 Å². The van der Waals surface area contributed by atoms with Gasteiger partial charge in [-0.3, -0.25) is 13.9 Å². The van der Waals surface area contributed by atoms with Crippen molar-refractivity contribution in [1.29, 1.82) is 0 Å². The van der Waals surface area contributed by atoms with Crippen LogP contribution in [-0.4, -0.2) is 64.2 Å². The molecule has 1 aliphatic carbocycles. The van der Waals surface area contributed by atoms with E-state index >= 15 is 0 Å². The molecule has 0 aromatic heterocycles. The van der Waals surface area contributed by atoms with Crippen molar-refractivity contribution in [3.8, 4) is 11.5 Å². The molecule has 1 fully saturated rings. The Morgan fingerprint density at radius 3 is 2.38 bits per heavy atom. The maximum absolute atomic E-state index is 13.8. The van der Waals surface area contributed by atoms with Crippen LogP contribution in [0, 0.1) is 0 Å². The zero-order chi connectivity index (χ0) is 27.0. The van der Waals surface area contributed by atoms with Crippen molar-refractivity contribution < 1.29 is 27.5 Å². The molecular weight excluding hydrogens is 494 g/mol. The van der Waals surface area contributed by atoms with Crippen LogP contribution in [-0.2, 0) is 26.2 Å². The van der Waals surface area contributed by atoms with Crippen LogP contribution in [0.15, 0.2) is 48.5 Å². The van der Waals surface area contributed by atoms with Crippen molar-refractivity contribution in [2.24, 2.45) is 0 Å². The lowest BCUT2D eigenvalue weighted by Gasteiger charge is -2.33. The van der Waals surface area contributed by atoms with Crippen LogP contribution in [0.2, 0.25) is 0 Å². The van der Waals surface area contributed by atoms with Gasteiger partial charge in [0, 0.05) is 12.6 Å². The molecule has 2 aromatic rings. The van der Waals surface area contributed by atoms with Crippen molar-refractivity contribution in [2.75, 3.05) is 31.3 Å². The van der Waals surface area contributed by atoms with E-state index in [9.17, 15) is 18.0 Å². The first-order valence-corrected chi connectivity index (χ1v) is 14.4. The molecule has 0 bridgehead atoms. The molecule has 0 unspecified atom stereocenters. The normalized spacial score (nSPS) is 14.6. The molecule has 0 radical (unpaired) electrons. The fraction of sp³-hybridized carbons (Fsp3) is 0.481. The molecule has 1 saturated carbocycles. The molecular formula is C27H37N3O6S. The van der Waals surface area contributed by atoms with Crippen molar-refractivity contribution in [3.05, 3.63) is 54.1 Å². The zero-order valence-corrected chi connectivity index (χ0v) is 22.8. The number of ether oxygens (including phenoxy) is 2. The standard InChI is InChI=1S/C27H37N3O6S/c1-5-23(27(32)28-21-12-6-7-13-21)29(18-20-11-10-14-22(17-20)35-2)26(31)19-30(37(4,33)34)24-15-8-9-16-25(24)36-3/h8-11,14-17,21,23H,5-7,12-13,18-19H2,1-4H3,(H,28,32)/t23-/m1/s1. The highest BCUT2D eigenvalue weighted by Crippen LogP contribution is 2.30. The van der Waals surface area contributed by atoms with E-state index < -0.39 is 28.5 Å². The summed E-state index contributed by atoms with van der Waals surface area (Å²) in [5.74, 6) is 0.229. The van der Waals surface area contributed by atoms with E-state index in [-0.39, 0.29) is 24.2 Å². The third-order valence-corrected chi connectivity index (χ3v) is 7.73. The SMILES string of the molecule is CC[C@H](C(=O)NC1CCCC1)N(Cc1cccc(OC)c1)C(=O)CN(c1ccccc1OC)S(C)(=O)=O. The number of para-hydroxylation sites is 2. The molecule has 2 amide bonds. The largest absolute Gasteiger partial charge is 0.497 e. The molecule has 3 rings (SSSR count). The second kappa shape index (κ2) is 12.8. The summed E-state index contributed by atoms with van der Waals surface area (Å²) in [4.78, 5) is 28.7. The Balaban J connectivity index is 1.96. The van der Waals surface area contributed by atoms with Gasteiger partial charge in [-0.15, -0.1) is 0 Å². The number of hydrogen-bond acceptors (Lipinski definition) is 6. The van der Waals surface area contributed by atoms with Crippen LogP contribution < -0.4 is 19.1 Å². The topological polar surface area (TPSA) is 105 Å². The highest BCUT2D eigenvalue weighted by Gasteiger charge is 2.33. The quantitative estimate of drug-likeness (QED) is 0.451. The predicted molar refractivity (Wildman–Crippen MR) is 143 cm³/mol. The average molecular weight is 532 g/mol. The first-order valence-electron chi connectivity index (χ1n) is 12.5. The van der Waals surface area contributed by atoms with Crippen molar-refractivity contribution >= 4 is 27.5 Å². The van der Waals surface area contributed by atoms with Gasteiger partial charge in [-0.1, -0.05) is 44.0 Å². The lowest BCUT2D eigenvalue weighted by atomic mass is 10.1. The fourth-order valence-electron chi connectivity index (χ4n) is 4.69. The maximum atomic E-state index is 13.8. The lowest BCUT2D eigenvalue weighted by Crippen LogP contribution is -2.53. The van der Waals surface area contributed by atoms with E-state index in [1.54, 1.807) is 43.5 Å².